The van der Waals surface area contributed by atoms with Gasteiger partial charge in [0.25, 0.3) is 0 Å². The van der Waals surface area contributed by atoms with Crippen LogP contribution in [0, 0.1) is 13.8 Å². The molecule has 2 aliphatic rings. The average Bonchev–Trinajstić information content (AvgIpc) is 3.26. The summed E-state index contributed by atoms with van der Waals surface area (Å²) >= 11 is 1.74. The summed E-state index contributed by atoms with van der Waals surface area (Å²) in [6.07, 6.45) is 2.24. The van der Waals surface area contributed by atoms with Gasteiger partial charge in [0.2, 0.25) is 5.91 Å². The minimum absolute atomic E-state index is 0.134. The van der Waals surface area contributed by atoms with Crippen LogP contribution in [0.1, 0.15) is 39.5 Å². The predicted octanol–water partition coefficient (Wildman–Crippen LogP) is 2.29. The van der Waals surface area contributed by atoms with Crippen LogP contribution in [0.2, 0.25) is 0 Å². The summed E-state index contributed by atoms with van der Waals surface area (Å²) in [6, 6.07) is 6.65. The van der Waals surface area contributed by atoms with Crippen LogP contribution >= 0.6 is 11.3 Å². The SMILES string of the molecule is Cc1cc(C(=O)CN2CCN(CC(=O)NC3CC3)CC2)c(C)n1Cc1cccs1. The van der Waals surface area contributed by atoms with Crippen LogP contribution in [-0.4, -0.2) is 71.4 Å². The molecule has 4 rings (SSSR count). The molecule has 2 fully saturated rings. The Kier molecular flexibility index (Phi) is 6.18. The maximum absolute atomic E-state index is 13.0. The number of Topliss-reactive ketones (excluding diaryl/α,β-unsaturated/α-hetero) is 1. The van der Waals surface area contributed by atoms with Crippen molar-refractivity contribution in [3.8, 4) is 0 Å². The lowest BCUT2D eigenvalue weighted by Crippen LogP contribution is -2.50. The average molecular weight is 415 g/mol. The number of aromatic nitrogens is 1. The number of nitrogens with one attached hydrogen (secondary N) is 1. The van der Waals surface area contributed by atoms with Crippen molar-refractivity contribution in [3.63, 3.8) is 0 Å². The fraction of sp³-hybridized carbons (Fsp3) is 0.545. The summed E-state index contributed by atoms with van der Waals surface area (Å²) in [5.74, 6) is 0.325. The van der Waals surface area contributed by atoms with E-state index in [0.29, 0.717) is 19.1 Å². The number of carbonyl (C=O) groups excluding carboxylic acids is 2. The molecule has 6 nitrogen and oxygen atoms in total. The Morgan fingerprint density at radius 1 is 1.10 bits per heavy atom. The van der Waals surface area contributed by atoms with E-state index < -0.39 is 0 Å². The molecule has 1 N–H and O–H groups in total. The second-order valence-corrected chi connectivity index (χ2v) is 9.30. The molecule has 1 saturated carbocycles. The molecule has 1 aliphatic heterocycles. The summed E-state index contributed by atoms with van der Waals surface area (Å²) in [4.78, 5) is 30.6. The van der Waals surface area contributed by atoms with Gasteiger partial charge in [-0.2, -0.15) is 0 Å². The van der Waals surface area contributed by atoms with Crippen LogP contribution in [0.5, 0.6) is 0 Å². The Labute approximate surface area is 176 Å². The molecule has 1 amide bonds. The molecule has 0 aromatic carbocycles. The topological polar surface area (TPSA) is 57.6 Å². The van der Waals surface area contributed by atoms with Gasteiger partial charge in [-0.25, -0.2) is 0 Å². The molecule has 2 aromatic rings. The van der Waals surface area contributed by atoms with Crippen molar-refractivity contribution in [3.05, 3.63) is 45.4 Å². The quantitative estimate of drug-likeness (QED) is 0.674. The van der Waals surface area contributed by atoms with Crippen LogP contribution in [0.15, 0.2) is 23.6 Å². The first-order chi connectivity index (χ1) is 14.0. The zero-order chi connectivity index (χ0) is 20.4. The minimum Gasteiger partial charge on any atom is -0.352 e. The number of piperazine rings is 1. The second-order valence-electron chi connectivity index (χ2n) is 8.27. The van der Waals surface area contributed by atoms with Gasteiger partial charge in [-0.1, -0.05) is 6.07 Å². The number of carbonyl (C=O) groups is 2. The number of amides is 1. The second kappa shape index (κ2) is 8.81. The van der Waals surface area contributed by atoms with Gasteiger partial charge in [0, 0.05) is 54.0 Å². The lowest BCUT2D eigenvalue weighted by Gasteiger charge is -2.33. The third-order valence-corrected chi connectivity index (χ3v) is 6.77. The van der Waals surface area contributed by atoms with Crippen molar-refractivity contribution in [2.24, 2.45) is 0 Å². The fourth-order valence-corrected chi connectivity index (χ4v) is 4.68. The standard InChI is InChI=1S/C22H30N4O2S/c1-16-12-20(17(2)26(16)13-19-4-3-11-29-19)21(27)14-24-7-9-25(10-8-24)15-22(28)23-18-5-6-18/h3-4,11-12,18H,5-10,13-15H2,1-2H3,(H,23,28). The van der Waals surface area contributed by atoms with Gasteiger partial charge in [0.1, 0.15) is 0 Å². The van der Waals surface area contributed by atoms with Crippen molar-refractivity contribution in [1.82, 2.24) is 19.7 Å². The number of nitrogens with zero attached hydrogens (tertiary/aromatic N) is 3. The zero-order valence-corrected chi connectivity index (χ0v) is 18.1. The van der Waals surface area contributed by atoms with Crippen molar-refractivity contribution in [1.29, 1.82) is 0 Å². The molecule has 7 heteroatoms. The maximum Gasteiger partial charge on any atom is 0.234 e. The molecule has 1 aliphatic carbocycles. The van der Waals surface area contributed by atoms with Crippen molar-refractivity contribution in [2.75, 3.05) is 39.3 Å². The number of hydrogen-bond acceptors (Lipinski definition) is 5. The van der Waals surface area contributed by atoms with Crippen molar-refractivity contribution in [2.45, 2.75) is 39.3 Å². The van der Waals surface area contributed by atoms with E-state index >= 15 is 0 Å². The molecule has 29 heavy (non-hydrogen) atoms. The van der Waals surface area contributed by atoms with Crippen LogP contribution < -0.4 is 5.32 Å². The first-order valence-corrected chi connectivity index (χ1v) is 11.3. The molecule has 0 atom stereocenters. The highest BCUT2D eigenvalue weighted by atomic mass is 32.1. The van der Waals surface area contributed by atoms with Crippen LogP contribution in [0.25, 0.3) is 0 Å². The molecular weight excluding hydrogens is 384 g/mol. The van der Waals surface area contributed by atoms with Crippen LogP contribution in [0.3, 0.4) is 0 Å². The number of thiophene rings is 1. The summed E-state index contributed by atoms with van der Waals surface area (Å²) in [7, 11) is 0. The Morgan fingerprint density at radius 2 is 1.79 bits per heavy atom. The summed E-state index contributed by atoms with van der Waals surface area (Å²) in [5, 5.41) is 5.13. The first-order valence-electron chi connectivity index (χ1n) is 10.5. The van der Waals surface area contributed by atoms with E-state index in [2.05, 4.69) is 44.1 Å². The van der Waals surface area contributed by atoms with E-state index in [0.717, 1.165) is 62.5 Å². The van der Waals surface area contributed by atoms with E-state index in [-0.39, 0.29) is 11.7 Å². The predicted molar refractivity (Wildman–Crippen MR) is 116 cm³/mol. The van der Waals surface area contributed by atoms with E-state index in [1.165, 1.54) is 4.88 Å². The third kappa shape index (κ3) is 5.15. The maximum atomic E-state index is 13.0. The lowest BCUT2D eigenvalue weighted by molar-refractivity contribution is -0.122. The number of ketones is 1. The van der Waals surface area contributed by atoms with E-state index in [9.17, 15) is 9.59 Å². The van der Waals surface area contributed by atoms with Gasteiger partial charge in [0.05, 0.1) is 19.6 Å². The highest BCUT2D eigenvalue weighted by molar-refractivity contribution is 7.09. The zero-order valence-electron chi connectivity index (χ0n) is 17.3. The number of rotatable bonds is 8. The molecule has 0 spiro atoms. The van der Waals surface area contributed by atoms with E-state index in [4.69, 9.17) is 0 Å². The Hall–Kier alpha value is -1.96. The van der Waals surface area contributed by atoms with E-state index in [1.807, 2.05) is 13.0 Å². The molecular formula is C22H30N4O2S. The Balaban J connectivity index is 1.29. The molecule has 3 heterocycles. The van der Waals surface area contributed by atoms with E-state index in [1.54, 1.807) is 11.3 Å². The highest BCUT2D eigenvalue weighted by Gasteiger charge is 2.26. The first kappa shape index (κ1) is 20.3. The third-order valence-electron chi connectivity index (χ3n) is 5.91. The highest BCUT2D eigenvalue weighted by Crippen LogP contribution is 2.20. The van der Waals surface area contributed by atoms with Gasteiger partial charge >= 0.3 is 0 Å². The Morgan fingerprint density at radius 3 is 2.41 bits per heavy atom. The lowest BCUT2D eigenvalue weighted by atomic mass is 10.1. The molecule has 1 saturated heterocycles. The molecule has 0 unspecified atom stereocenters. The van der Waals surface area contributed by atoms with Crippen molar-refractivity contribution < 1.29 is 9.59 Å². The number of aryl methyl sites for hydroxylation is 1. The largest absolute Gasteiger partial charge is 0.352 e. The molecule has 0 bridgehead atoms. The van der Waals surface area contributed by atoms with Gasteiger partial charge in [-0.05, 0) is 44.2 Å². The van der Waals surface area contributed by atoms with Gasteiger partial charge < -0.3 is 9.88 Å². The summed E-state index contributed by atoms with van der Waals surface area (Å²) in [6.45, 7) is 9.20. The summed E-state index contributed by atoms with van der Waals surface area (Å²) < 4.78 is 2.23. The molecule has 156 valence electrons. The minimum atomic E-state index is 0.134. The van der Waals surface area contributed by atoms with Crippen LogP contribution in [-0.2, 0) is 11.3 Å². The van der Waals surface area contributed by atoms with Gasteiger partial charge in [0.15, 0.2) is 5.78 Å². The van der Waals surface area contributed by atoms with Gasteiger partial charge in [-0.3, -0.25) is 19.4 Å². The molecule has 2 aromatic heterocycles. The normalized spacial score (nSPS) is 18.1. The number of hydrogen-bond donors (Lipinski definition) is 1. The Bertz CT molecular complexity index is 862. The van der Waals surface area contributed by atoms with Crippen LogP contribution in [0.4, 0.5) is 0 Å². The van der Waals surface area contributed by atoms with Gasteiger partial charge in [-0.15, -0.1) is 11.3 Å². The summed E-state index contributed by atoms with van der Waals surface area (Å²) in [5.41, 5.74) is 3.02. The monoisotopic (exact) mass is 414 g/mol. The van der Waals surface area contributed by atoms with Crippen molar-refractivity contribution >= 4 is 23.0 Å². The fourth-order valence-electron chi connectivity index (χ4n) is 3.98. The molecule has 0 radical (unpaired) electrons. The smallest absolute Gasteiger partial charge is 0.234 e.